The number of hydrogen-bond acceptors (Lipinski definition) is 3. The van der Waals surface area contributed by atoms with Crippen LogP contribution in [0.15, 0.2) is 0 Å². The molecule has 0 spiro atoms. The third-order valence-corrected chi connectivity index (χ3v) is 3.26. The molecule has 13 heavy (non-hydrogen) atoms. The van der Waals surface area contributed by atoms with E-state index in [0.29, 0.717) is 17.1 Å². The average molecular weight is 208 g/mol. The van der Waals surface area contributed by atoms with Gasteiger partial charge in [-0.2, -0.15) is 13.2 Å². The van der Waals surface area contributed by atoms with Crippen LogP contribution in [0.4, 0.5) is 13.2 Å². The zero-order valence-electron chi connectivity index (χ0n) is 6.77. The highest BCUT2D eigenvalue weighted by Gasteiger charge is 2.37. The van der Waals surface area contributed by atoms with Crippen LogP contribution in [0.2, 0.25) is 0 Å². The van der Waals surface area contributed by atoms with E-state index in [2.05, 4.69) is 10.3 Å². The molecule has 1 aromatic heterocycles. The molecule has 0 saturated heterocycles. The van der Waals surface area contributed by atoms with Crippen LogP contribution < -0.4 is 5.32 Å². The van der Waals surface area contributed by atoms with Gasteiger partial charge >= 0.3 is 6.18 Å². The van der Waals surface area contributed by atoms with Crippen LogP contribution in [0.25, 0.3) is 0 Å². The second-order valence-corrected chi connectivity index (χ2v) is 3.96. The minimum absolute atomic E-state index is 0.00333. The Bertz CT molecular complexity index is 331. The second kappa shape index (κ2) is 2.68. The van der Waals surface area contributed by atoms with E-state index in [9.17, 15) is 13.2 Å². The summed E-state index contributed by atoms with van der Waals surface area (Å²) < 4.78 is 36.6. The first-order chi connectivity index (χ1) is 5.98. The smallest absolute Gasteiger partial charge is 0.304 e. The molecule has 1 atom stereocenters. The van der Waals surface area contributed by atoms with E-state index in [1.807, 2.05) is 6.92 Å². The van der Waals surface area contributed by atoms with Crippen molar-refractivity contribution >= 4 is 11.3 Å². The summed E-state index contributed by atoms with van der Waals surface area (Å²) in [5.74, 6) is 0. The van der Waals surface area contributed by atoms with Crippen molar-refractivity contribution in [1.82, 2.24) is 10.3 Å². The van der Waals surface area contributed by atoms with E-state index in [1.165, 1.54) is 0 Å². The third-order valence-electron chi connectivity index (χ3n) is 1.94. The summed E-state index contributed by atoms with van der Waals surface area (Å²) in [7, 11) is 0. The molecule has 1 aromatic rings. The molecular weight excluding hydrogens is 201 g/mol. The number of fused-ring (bicyclic) bond motifs is 1. The molecule has 2 heterocycles. The Kier molecular flexibility index (Phi) is 1.85. The molecule has 72 valence electrons. The lowest BCUT2D eigenvalue weighted by Crippen LogP contribution is -2.09. The van der Waals surface area contributed by atoms with Crippen molar-refractivity contribution in [1.29, 1.82) is 0 Å². The van der Waals surface area contributed by atoms with Gasteiger partial charge in [0.15, 0.2) is 5.01 Å². The minimum atomic E-state index is -4.30. The van der Waals surface area contributed by atoms with Crippen molar-refractivity contribution in [2.75, 3.05) is 0 Å². The molecular formula is C7H7F3N2S. The molecule has 1 aliphatic rings. The van der Waals surface area contributed by atoms with E-state index < -0.39 is 11.2 Å². The highest BCUT2D eigenvalue weighted by molar-refractivity contribution is 7.12. The lowest BCUT2D eigenvalue weighted by atomic mass is 10.3. The Morgan fingerprint density at radius 3 is 2.77 bits per heavy atom. The number of alkyl halides is 3. The molecule has 2 rings (SSSR count). The van der Waals surface area contributed by atoms with Gasteiger partial charge in [-0.15, -0.1) is 11.3 Å². The molecule has 0 radical (unpaired) electrons. The summed E-state index contributed by atoms with van der Waals surface area (Å²) in [6.07, 6.45) is -4.30. The molecule has 0 bridgehead atoms. The monoisotopic (exact) mass is 208 g/mol. The quantitative estimate of drug-likeness (QED) is 0.707. The number of nitrogens with one attached hydrogen (secondary N) is 1. The van der Waals surface area contributed by atoms with Gasteiger partial charge in [0.05, 0.1) is 5.69 Å². The summed E-state index contributed by atoms with van der Waals surface area (Å²) in [5.41, 5.74) is 0.546. The minimum Gasteiger partial charge on any atom is -0.304 e. The number of aromatic nitrogens is 1. The summed E-state index contributed by atoms with van der Waals surface area (Å²) >= 11 is 0.738. The lowest BCUT2D eigenvalue weighted by molar-refractivity contribution is -0.137. The van der Waals surface area contributed by atoms with Crippen LogP contribution in [0.1, 0.15) is 28.5 Å². The summed E-state index contributed by atoms with van der Waals surface area (Å²) in [6, 6.07) is 0.00333. The SMILES string of the molecule is CC1NCc2nc(C(F)(F)F)sc21. The second-order valence-electron chi connectivity index (χ2n) is 2.93. The third kappa shape index (κ3) is 1.44. The van der Waals surface area contributed by atoms with E-state index in [0.717, 1.165) is 11.3 Å². The Hall–Kier alpha value is -0.620. The Morgan fingerprint density at radius 2 is 2.23 bits per heavy atom. The van der Waals surface area contributed by atoms with E-state index in [-0.39, 0.29) is 6.04 Å². The van der Waals surface area contributed by atoms with E-state index >= 15 is 0 Å². The van der Waals surface area contributed by atoms with E-state index in [4.69, 9.17) is 0 Å². The van der Waals surface area contributed by atoms with Gasteiger partial charge in [0.25, 0.3) is 0 Å². The molecule has 1 aliphatic heterocycles. The van der Waals surface area contributed by atoms with Crippen molar-refractivity contribution in [3.05, 3.63) is 15.6 Å². The van der Waals surface area contributed by atoms with Crippen molar-refractivity contribution in [2.45, 2.75) is 25.7 Å². The maximum absolute atomic E-state index is 12.2. The van der Waals surface area contributed by atoms with Crippen molar-refractivity contribution < 1.29 is 13.2 Å². The van der Waals surface area contributed by atoms with Gasteiger partial charge in [0.1, 0.15) is 0 Å². The van der Waals surface area contributed by atoms with Crippen LogP contribution in [-0.4, -0.2) is 4.98 Å². The predicted molar refractivity (Wildman–Crippen MR) is 42.4 cm³/mol. The average Bonchev–Trinajstić information content (AvgIpc) is 2.51. The number of thiazole rings is 1. The molecule has 0 fully saturated rings. The van der Waals surface area contributed by atoms with Crippen LogP contribution in [0.5, 0.6) is 0 Å². The zero-order chi connectivity index (χ0) is 9.64. The van der Waals surface area contributed by atoms with Crippen molar-refractivity contribution in [3.8, 4) is 0 Å². The lowest BCUT2D eigenvalue weighted by Gasteiger charge is -2.02. The summed E-state index contributed by atoms with van der Waals surface area (Å²) in [4.78, 5) is 4.26. The molecule has 1 N–H and O–H groups in total. The molecule has 6 heteroatoms. The number of hydrogen-bond donors (Lipinski definition) is 1. The molecule has 1 unspecified atom stereocenters. The first kappa shape index (κ1) is 8.96. The molecule has 0 saturated carbocycles. The van der Waals surface area contributed by atoms with Gasteiger partial charge in [0, 0.05) is 17.5 Å². The molecule has 2 nitrogen and oxygen atoms in total. The summed E-state index contributed by atoms with van der Waals surface area (Å²) in [5, 5.41) is 2.29. The predicted octanol–water partition coefficient (Wildman–Crippen LogP) is 2.33. The first-order valence-electron chi connectivity index (χ1n) is 3.78. The summed E-state index contributed by atoms with van der Waals surface area (Å²) in [6.45, 7) is 2.28. The number of nitrogens with zero attached hydrogens (tertiary/aromatic N) is 1. The highest BCUT2D eigenvalue weighted by atomic mass is 32.1. The fourth-order valence-electron chi connectivity index (χ4n) is 1.29. The Morgan fingerprint density at radius 1 is 1.54 bits per heavy atom. The zero-order valence-corrected chi connectivity index (χ0v) is 7.59. The Balaban J connectivity index is 2.40. The van der Waals surface area contributed by atoms with Crippen molar-refractivity contribution in [2.24, 2.45) is 0 Å². The molecule has 0 aromatic carbocycles. The van der Waals surface area contributed by atoms with Gasteiger partial charge in [0.2, 0.25) is 0 Å². The van der Waals surface area contributed by atoms with Gasteiger partial charge in [-0.1, -0.05) is 0 Å². The van der Waals surface area contributed by atoms with Crippen LogP contribution in [0, 0.1) is 0 Å². The normalized spacial score (nSPS) is 22.0. The maximum atomic E-state index is 12.2. The topological polar surface area (TPSA) is 24.9 Å². The molecule has 0 amide bonds. The highest BCUT2D eigenvalue weighted by Crippen LogP contribution is 2.38. The Labute approximate surface area is 76.8 Å². The number of halogens is 3. The number of rotatable bonds is 0. The molecule has 0 aliphatic carbocycles. The van der Waals surface area contributed by atoms with Crippen LogP contribution in [0.3, 0.4) is 0 Å². The van der Waals surface area contributed by atoms with Gasteiger partial charge in [-0.3, -0.25) is 0 Å². The fourth-order valence-corrected chi connectivity index (χ4v) is 2.27. The fraction of sp³-hybridized carbons (Fsp3) is 0.571. The standard InChI is InChI=1S/C7H7F3N2S/c1-3-5-4(2-11-3)12-6(13-5)7(8,9)10/h3,11H,2H2,1H3. The van der Waals surface area contributed by atoms with Crippen molar-refractivity contribution in [3.63, 3.8) is 0 Å². The first-order valence-corrected chi connectivity index (χ1v) is 4.60. The van der Waals surface area contributed by atoms with Gasteiger partial charge in [-0.25, -0.2) is 4.98 Å². The van der Waals surface area contributed by atoms with Gasteiger partial charge < -0.3 is 5.32 Å². The van der Waals surface area contributed by atoms with Gasteiger partial charge in [-0.05, 0) is 6.92 Å². The largest absolute Gasteiger partial charge is 0.443 e. The maximum Gasteiger partial charge on any atom is 0.443 e. The van der Waals surface area contributed by atoms with Crippen LogP contribution >= 0.6 is 11.3 Å². The van der Waals surface area contributed by atoms with E-state index in [1.54, 1.807) is 0 Å². The van der Waals surface area contributed by atoms with Crippen LogP contribution in [-0.2, 0) is 12.7 Å².